The predicted octanol–water partition coefficient (Wildman–Crippen LogP) is 4.03. The average molecular weight is 410 g/mol. The third-order valence-electron chi connectivity index (χ3n) is 5.19. The number of carbonyl (C=O) groups is 1. The Bertz CT molecular complexity index is 1180. The van der Waals surface area contributed by atoms with Crippen LogP contribution in [0.5, 0.6) is 0 Å². The van der Waals surface area contributed by atoms with E-state index in [1.165, 1.54) is 3.97 Å². The number of fused-ring (bicyclic) bond motifs is 1. The average Bonchev–Trinajstić information content (AvgIpc) is 3.15. The van der Waals surface area contributed by atoms with Gasteiger partial charge in [0.05, 0.1) is 11.5 Å². The molecule has 1 atom stereocenters. The van der Waals surface area contributed by atoms with Crippen LogP contribution in [-0.2, 0) is 19.6 Å². The maximum atomic E-state index is 13.3. The van der Waals surface area contributed by atoms with Crippen LogP contribution in [0.15, 0.2) is 71.4 Å². The summed E-state index contributed by atoms with van der Waals surface area (Å²) in [7, 11) is -3.81. The molecule has 2 aromatic heterocycles. The van der Waals surface area contributed by atoms with Crippen molar-refractivity contribution in [2.24, 2.45) is 0 Å². The lowest BCUT2D eigenvalue weighted by Crippen LogP contribution is -2.17. The van der Waals surface area contributed by atoms with Crippen molar-refractivity contribution < 1.29 is 17.9 Å². The Hall–Kier alpha value is -2.93. The maximum absolute atomic E-state index is 13.3. The summed E-state index contributed by atoms with van der Waals surface area (Å²) in [6, 6.07) is 11.9. The second kappa shape index (κ2) is 7.83. The Balaban J connectivity index is 1.89. The van der Waals surface area contributed by atoms with Crippen LogP contribution in [0.4, 0.5) is 0 Å². The molecule has 0 radical (unpaired) electrons. The first-order chi connectivity index (χ1) is 14.0. The molecule has 6 nitrogen and oxygen atoms in total. The molecule has 3 aromatic rings. The van der Waals surface area contributed by atoms with Gasteiger partial charge in [-0.3, -0.25) is 0 Å². The molecule has 1 aliphatic rings. The molecule has 0 amide bonds. The van der Waals surface area contributed by atoms with Crippen molar-refractivity contribution in [3.8, 4) is 0 Å². The fraction of sp³-hybridized carbons (Fsp3) is 0.273. The summed E-state index contributed by atoms with van der Waals surface area (Å²) in [6.45, 7) is 2.08. The van der Waals surface area contributed by atoms with Gasteiger partial charge in [0, 0.05) is 29.3 Å². The van der Waals surface area contributed by atoms with Gasteiger partial charge in [-0.2, -0.15) is 0 Å². The molecule has 1 aromatic carbocycles. The largest absolute Gasteiger partial charge is 0.463 e. The van der Waals surface area contributed by atoms with Gasteiger partial charge >= 0.3 is 5.97 Å². The van der Waals surface area contributed by atoms with E-state index in [-0.39, 0.29) is 16.8 Å². The number of ether oxygens (including phenoxy) is 1. The molecule has 0 fully saturated rings. The Labute approximate surface area is 169 Å². The van der Waals surface area contributed by atoms with Crippen molar-refractivity contribution in [3.05, 3.63) is 72.1 Å². The molecule has 1 aliphatic carbocycles. The maximum Gasteiger partial charge on any atom is 0.334 e. The van der Waals surface area contributed by atoms with Gasteiger partial charge in [-0.1, -0.05) is 24.3 Å². The van der Waals surface area contributed by atoms with E-state index in [0.717, 1.165) is 30.2 Å². The number of hydrogen-bond donors (Lipinski definition) is 0. The minimum atomic E-state index is -3.81. The lowest BCUT2D eigenvalue weighted by atomic mass is 9.82. The number of rotatable bonds is 5. The Morgan fingerprint density at radius 2 is 2.00 bits per heavy atom. The van der Waals surface area contributed by atoms with Crippen LogP contribution in [0.25, 0.3) is 11.0 Å². The van der Waals surface area contributed by atoms with E-state index in [2.05, 4.69) is 4.98 Å². The minimum Gasteiger partial charge on any atom is -0.463 e. The highest BCUT2D eigenvalue weighted by molar-refractivity contribution is 7.90. The van der Waals surface area contributed by atoms with Gasteiger partial charge in [-0.15, -0.1) is 0 Å². The van der Waals surface area contributed by atoms with Crippen molar-refractivity contribution in [3.63, 3.8) is 0 Å². The lowest BCUT2D eigenvalue weighted by molar-refractivity contribution is -0.138. The van der Waals surface area contributed by atoms with E-state index in [1.54, 1.807) is 55.7 Å². The molecule has 0 spiro atoms. The van der Waals surface area contributed by atoms with E-state index in [0.29, 0.717) is 17.8 Å². The molecular formula is C22H22N2O4S. The zero-order chi connectivity index (χ0) is 20.4. The van der Waals surface area contributed by atoms with Gasteiger partial charge in [-0.25, -0.2) is 22.2 Å². The number of pyridine rings is 1. The monoisotopic (exact) mass is 410 g/mol. The van der Waals surface area contributed by atoms with Gasteiger partial charge in [0.15, 0.2) is 5.65 Å². The van der Waals surface area contributed by atoms with E-state index in [9.17, 15) is 13.2 Å². The first kappa shape index (κ1) is 19.4. The number of carbonyl (C=O) groups excluding carboxylic acids is 1. The summed E-state index contributed by atoms with van der Waals surface area (Å²) in [5.41, 5.74) is 1.74. The fourth-order valence-electron chi connectivity index (χ4n) is 3.86. The molecule has 150 valence electrons. The van der Waals surface area contributed by atoms with Gasteiger partial charge in [0.25, 0.3) is 10.0 Å². The highest BCUT2D eigenvalue weighted by Gasteiger charge is 2.31. The smallest absolute Gasteiger partial charge is 0.334 e. The number of allylic oxidation sites excluding steroid dienone is 1. The van der Waals surface area contributed by atoms with Crippen LogP contribution < -0.4 is 0 Å². The summed E-state index contributed by atoms with van der Waals surface area (Å²) in [4.78, 5) is 17.0. The summed E-state index contributed by atoms with van der Waals surface area (Å²) in [6.07, 6.45) is 7.59. The van der Waals surface area contributed by atoms with Crippen molar-refractivity contribution in [1.82, 2.24) is 8.96 Å². The first-order valence-corrected chi connectivity index (χ1v) is 11.1. The van der Waals surface area contributed by atoms with E-state index < -0.39 is 10.0 Å². The molecule has 0 saturated heterocycles. The predicted molar refractivity (Wildman–Crippen MR) is 110 cm³/mol. The first-order valence-electron chi connectivity index (χ1n) is 9.67. The molecule has 4 rings (SSSR count). The van der Waals surface area contributed by atoms with Crippen molar-refractivity contribution in [2.45, 2.75) is 37.0 Å². The fourth-order valence-corrected chi connectivity index (χ4v) is 5.22. The molecule has 0 saturated carbocycles. The molecule has 0 aliphatic heterocycles. The molecule has 0 bridgehead atoms. The van der Waals surface area contributed by atoms with Gasteiger partial charge < -0.3 is 4.74 Å². The zero-order valence-electron chi connectivity index (χ0n) is 16.1. The summed E-state index contributed by atoms with van der Waals surface area (Å²) < 4.78 is 33.0. The van der Waals surface area contributed by atoms with Crippen molar-refractivity contribution >= 4 is 27.0 Å². The van der Waals surface area contributed by atoms with E-state index >= 15 is 0 Å². The van der Waals surface area contributed by atoms with Crippen molar-refractivity contribution in [1.29, 1.82) is 0 Å². The summed E-state index contributed by atoms with van der Waals surface area (Å²) in [5, 5.41) is 0.731. The second-order valence-electron chi connectivity index (χ2n) is 6.94. The Kier molecular flexibility index (Phi) is 5.24. The molecule has 0 N–H and O–H groups in total. The van der Waals surface area contributed by atoms with Crippen molar-refractivity contribution in [2.75, 3.05) is 6.61 Å². The third-order valence-corrected chi connectivity index (χ3v) is 6.85. The van der Waals surface area contributed by atoms with Gasteiger partial charge in [0.2, 0.25) is 0 Å². The van der Waals surface area contributed by atoms with Gasteiger partial charge in [-0.05, 0) is 56.0 Å². The number of benzene rings is 1. The molecule has 29 heavy (non-hydrogen) atoms. The Morgan fingerprint density at radius 1 is 1.21 bits per heavy atom. The van der Waals surface area contributed by atoms with E-state index in [1.807, 2.05) is 12.1 Å². The van der Waals surface area contributed by atoms with Crippen LogP contribution in [-0.4, -0.2) is 30.0 Å². The highest BCUT2D eigenvalue weighted by atomic mass is 32.2. The number of esters is 1. The van der Waals surface area contributed by atoms with Crippen LogP contribution in [0, 0.1) is 0 Å². The van der Waals surface area contributed by atoms with Crippen LogP contribution in [0.3, 0.4) is 0 Å². The number of nitrogens with zero attached hydrogens (tertiary/aromatic N) is 2. The Morgan fingerprint density at radius 3 is 2.76 bits per heavy atom. The lowest BCUT2D eigenvalue weighted by Gasteiger charge is -2.22. The zero-order valence-corrected chi connectivity index (χ0v) is 16.9. The van der Waals surface area contributed by atoms with Gasteiger partial charge in [0.1, 0.15) is 0 Å². The minimum absolute atomic E-state index is 0.193. The molecular weight excluding hydrogens is 388 g/mol. The van der Waals surface area contributed by atoms with Crippen LogP contribution >= 0.6 is 0 Å². The third kappa shape index (κ3) is 3.46. The number of hydrogen-bond acceptors (Lipinski definition) is 5. The summed E-state index contributed by atoms with van der Waals surface area (Å²) in [5.74, 6) is -0.561. The molecule has 7 heteroatoms. The summed E-state index contributed by atoms with van der Waals surface area (Å²) >= 11 is 0. The van der Waals surface area contributed by atoms with E-state index in [4.69, 9.17) is 4.74 Å². The normalized spacial score (nSPS) is 17.1. The molecule has 1 unspecified atom stereocenters. The highest BCUT2D eigenvalue weighted by Crippen LogP contribution is 2.39. The quantitative estimate of drug-likeness (QED) is 0.594. The molecule has 2 heterocycles. The van der Waals surface area contributed by atoms with Crippen LogP contribution in [0.1, 0.15) is 37.7 Å². The van der Waals surface area contributed by atoms with Crippen LogP contribution in [0.2, 0.25) is 0 Å². The SMILES string of the molecule is CCOC(=O)C1=CCCCC1c1cn(S(=O)(=O)c2ccccc2)c2ncccc12. The topological polar surface area (TPSA) is 78.3 Å². The number of aromatic nitrogens is 2. The second-order valence-corrected chi connectivity index (χ2v) is 8.75. The standard InChI is InChI=1S/C22H22N2O4S/c1-2-28-22(25)19-12-7-6-11-17(19)20-15-24(21-18(20)13-8-14-23-21)29(26,27)16-9-4-3-5-10-16/h3-5,8-10,12-15,17H,2,6-7,11H2,1H3.